The summed E-state index contributed by atoms with van der Waals surface area (Å²) in [4.78, 5) is 11.6. The highest BCUT2D eigenvalue weighted by molar-refractivity contribution is 5.84. The maximum absolute atomic E-state index is 13.1. The van der Waals surface area contributed by atoms with Crippen molar-refractivity contribution in [2.45, 2.75) is 32.9 Å². The van der Waals surface area contributed by atoms with Gasteiger partial charge in [0.15, 0.2) is 0 Å². The lowest BCUT2D eigenvalue weighted by atomic mass is 10.2. The van der Waals surface area contributed by atoms with E-state index in [1.165, 1.54) is 12.1 Å². The van der Waals surface area contributed by atoms with E-state index in [2.05, 4.69) is 10.6 Å². The molecular weight excluding hydrogens is 221 g/mol. The number of nitrogens with two attached hydrogens (primary N) is 1. The van der Waals surface area contributed by atoms with Gasteiger partial charge in [0.05, 0.1) is 0 Å². The van der Waals surface area contributed by atoms with Crippen molar-refractivity contribution in [1.29, 1.82) is 0 Å². The Morgan fingerprint density at radius 3 is 2.47 bits per heavy atom. The highest BCUT2D eigenvalue weighted by Gasteiger charge is 2.13. The Balaban J connectivity index is 2.67. The number of hydrogen-bond acceptors (Lipinski definition) is 3. The molecule has 0 saturated carbocycles. The molecule has 1 unspecified atom stereocenters. The molecule has 4 N–H and O–H groups in total. The molecule has 1 aromatic rings. The SMILES string of the molecule is CC(C)NC(=O)C(C)Nc1cc(N)cc(F)c1. The first kappa shape index (κ1) is 13.3. The molecule has 4 nitrogen and oxygen atoms in total. The predicted octanol–water partition coefficient (Wildman–Crippen LogP) is 1.73. The van der Waals surface area contributed by atoms with Crippen molar-refractivity contribution in [1.82, 2.24) is 5.32 Å². The van der Waals surface area contributed by atoms with Gasteiger partial charge < -0.3 is 16.4 Å². The van der Waals surface area contributed by atoms with Crippen LogP contribution in [0.2, 0.25) is 0 Å². The summed E-state index contributed by atoms with van der Waals surface area (Å²) in [5.74, 6) is -0.563. The van der Waals surface area contributed by atoms with Gasteiger partial charge in [0, 0.05) is 17.4 Å². The van der Waals surface area contributed by atoms with Gasteiger partial charge in [-0.3, -0.25) is 4.79 Å². The van der Waals surface area contributed by atoms with Crippen LogP contribution in [0, 0.1) is 5.82 Å². The van der Waals surface area contributed by atoms with Gasteiger partial charge in [-0.25, -0.2) is 4.39 Å². The monoisotopic (exact) mass is 239 g/mol. The van der Waals surface area contributed by atoms with Crippen LogP contribution in [0.5, 0.6) is 0 Å². The lowest BCUT2D eigenvalue weighted by Crippen LogP contribution is -2.40. The largest absolute Gasteiger partial charge is 0.399 e. The van der Waals surface area contributed by atoms with Crippen molar-refractivity contribution in [3.05, 3.63) is 24.0 Å². The van der Waals surface area contributed by atoms with E-state index in [1.807, 2.05) is 13.8 Å². The average Bonchev–Trinajstić information content (AvgIpc) is 2.14. The number of nitrogens with one attached hydrogen (secondary N) is 2. The Morgan fingerprint density at radius 1 is 1.29 bits per heavy atom. The third kappa shape index (κ3) is 4.30. The van der Waals surface area contributed by atoms with E-state index in [9.17, 15) is 9.18 Å². The predicted molar refractivity (Wildman–Crippen MR) is 67.2 cm³/mol. The summed E-state index contributed by atoms with van der Waals surface area (Å²) < 4.78 is 13.1. The second-order valence-corrected chi connectivity index (χ2v) is 4.30. The van der Waals surface area contributed by atoms with Crippen LogP contribution in [-0.4, -0.2) is 18.0 Å². The minimum atomic E-state index is -0.446. The maximum atomic E-state index is 13.1. The Labute approximate surface area is 100 Å². The Morgan fingerprint density at radius 2 is 1.94 bits per heavy atom. The fourth-order valence-electron chi connectivity index (χ4n) is 1.42. The van der Waals surface area contributed by atoms with Gasteiger partial charge in [-0.05, 0) is 39.0 Å². The standard InChI is InChI=1S/C12H18FN3O/c1-7(2)15-12(17)8(3)16-11-5-9(13)4-10(14)6-11/h4-8,16H,14H2,1-3H3,(H,15,17). The van der Waals surface area contributed by atoms with Gasteiger partial charge in [-0.1, -0.05) is 0 Å². The first-order valence-electron chi connectivity index (χ1n) is 5.51. The smallest absolute Gasteiger partial charge is 0.242 e. The zero-order valence-electron chi connectivity index (χ0n) is 10.3. The van der Waals surface area contributed by atoms with Crippen LogP contribution < -0.4 is 16.4 Å². The van der Waals surface area contributed by atoms with Crippen LogP contribution in [0.4, 0.5) is 15.8 Å². The number of rotatable bonds is 4. The van der Waals surface area contributed by atoms with Gasteiger partial charge in [0.25, 0.3) is 0 Å². The lowest BCUT2D eigenvalue weighted by molar-refractivity contribution is -0.122. The quantitative estimate of drug-likeness (QED) is 0.701. The van der Waals surface area contributed by atoms with Crippen LogP contribution in [-0.2, 0) is 4.79 Å². The van der Waals surface area contributed by atoms with Crippen LogP contribution >= 0.6 is 0 Å². The first-order valence-corrected chi connectivity index (χ1v) is 5.51. The number of anilines is 2. The molecule has 0 bridgehead atoms. The zero-order chi connectivity index (χ0) is 13.0. The Hall–Kier alpha value is -1.78. The minimum Gasteiger partial charge on any atom is -0.399 e. The second kappa shape index (κ2) is 5.52. The fraction of sp³-hybridized carbons (Fsp3) is 0.417. The molecule has 0 radical (unpaired) electrons. The molecule has 0 aromatic heterocycles. The van der Waals surface area contributed by atoms with Crippen molar-refractivity contribution in [2.24, 2.45) is 0 Å². The molecule has 0 fully saturated rings. The van der Waals surface area contributed by atoms with Gasteiger partial charge in [-0.15, -0.1) is 0 Å². The highest BCUT2D eigenvalue weighted by atomic mass is 19.1. The number of hydrogen-bond donors (Lipinski definition) is 3. The number of benzene rings is 1. The summed E-state index contributed by atoms with van der Waals surface area (Å²) in [6.07, 6.45) is 0. The summed E-state index contributed by atoms with van der Waals surface area (Å²) in [7, 11) is 0. The zero-order valence-corrected chi connectivity index (χ0v) is 10.3. The van der Waals surface area contributed by atoms with Crippen LogP contribution in [0.25, 0.3) is 0 Å². The van der Waals surface area contributed by atoms with E-state index >= 15 is 0 Å². The Kier molecular flexibility index (Phi) is 4.31. The molecule has 1 rings (SSSR count). The molecule has 0 aliphatic heterocycles. The van der Waals surface area contributed by atoms with Gasteiger partial charge >= 0.3 is 0 Å². The fourth-order valence-corrected chi connectivity index (χ4v) is 1.42. The van der Waals surface area contributed by atoms with Crippen molar-refractivity contribution < 1.29 is 9.18 Å². The topological polar surface area (TPSA) is 67.2 Å². The number of carbonyl (C=O) groups excluding carboxylic acids is 1. The summed E-state index contributed by atoms with van der Waals surface area (Å²) >= 11 is 0. The lowest BCUT2D eigenvalue weighted by Gasteiger charge is -2.17. The molecular formula is C12H18FN3O. The van der Waals surface area contributed by atoms with Gasteiger partial charge in [0.1, 0.15) is 11.9 Å². The van der Waals surface area contributed by atoms with Crippen molar-refractivity contribution in [3.8, 4) is 0 Å². The highest BCUT2D eigenvalue weighted by Crippen LogP contribution is 2.16. The molecule has 94 valence electrons. The normalized spacial score (nSPS) is 12.3. The molecule has 1 amide bonds. The molecule has 0 spiro atoms. The first-order chi connectivity index (χ1) is 7.88. The summed E-state index contributed by atoms with van der Waals surface area (Å²) in [5, 5.41) is 5.66. The molecule has 0 aliphatic carbocycles. The second-order valence-electron chi connectivity index (χ2n) is 4.30. The summed E-state index contributed by atoms with van der Waals surface area (Å²) in [6, 6.07) is 3.74. The number of carbonyl (C=O) groups is 1. The molecule has 5 heteroatoms. The number of nitrogen functional groups attached to an aromatic ring is 1. The van der Waals surface area contributed by atoms with E-state index in [-0.39, 0.29) is 11.9 Å². The van der Waals surface area contributed by atoms with Gasteiger partial charge in [0.2, 0.25) is 5.91 Å². The third-order valence-corrected chi connectivity index (χ3v) is 2.13. The van der Waals surface area contributed by atoms with E-state index < -0.39 is 11.9 Å². The molecule has 0 heterocycles. The van der Waals surface area contributed by atoms with E-state index in [0.717, 1.165) is 0 Å². The van der Waals surface area contributed by atoms with Crippen LogP contribution in [0.15, 0.2) is 18.2 Å². The van der Waals surface area contributed by atoms with E-state index in [0.29, 0.717) is 11.4 Å². The molecule has 1 aromatic carbocycles. The van der Waals surface area contributed by atoms with E-state index in [4.69, 9.17) is 5.73 Å². The third-order valence-electron chi connectivity index (χ3n) is 2.13. The van der Waals surface area contributed by atoms with Crippen LogP contribution in [0.1, 0.15) is 20.8 Å². The summed E-state index contributed by atoms with van der Waals surface area (Å²) in [6.45, 7) is 5.47. The molecule has 17 heavy (non-hydrogen) atoms. The maximum Gasteiger partial charge on any atom is 0.242 e. The molecule has 0 aliphatic rings. The Bertz CT molecular complexity index is 386. The average molecular weight is 239 g/mol. The van der Waals surface area contributed by atoms with Crippen LogP contribution in [0.3, 0.4) is 0 Å². The molecule has 1 atom stereocenters. The number of amides is 1. The van der Waals surface area contributed by atoms with Gasteiger partial charge in [-0.2, -0.15) is 0 Å². The minimum absolute atomic E-state index is 0.0735. The van der Waals surface area contributed by atoms with Crippen molar-refractivity contribution >= 4 is 17.3 Å². The summed E-state index contributed by atoms with van der Waals surface area (Å²) in [5.41, 5.74) is 6.33. The number of halogens is 1. The van der Waals surface area contributed by atoms with Crippen molar-refractivity contribution in [3.63, 3.8) is 0 Å². The molecule has 0 saturated heterocycles. The van der Waals surface area contributed by atoms with Crippen molar-refractivity contribution in [2.75, 3.05) is 11.1 Å². The van der Waals surface area contributed by atoms with E-state index in [1.54, 1.807) is 13.0 Å².